The van der Waals surface area contributed by atoms with Gasteiger partial charge in [0.2, 0.25) is 0 Å². The minimum atomic E-state index is -4.28. The van der Waals surface area contributed by atoms with Gasteiger partial charge in [0.25, 0.3) is 0 Å². The van der Waals surface area contributed by atoms with E-state index in [1.54, 1.807) is 6.07 Å². The molecule has 100 valence electrons. The molecule has 19 heavy (non-hydrogen) atoms. The van der Waals surface area contributed by atoms with Gasteiger partial charge in [-0.3, -0.25) is 5.10 Å². The average molecular weight is 270 g/mol. The molecule has 0 atom stereocenters. The van der Waals surface area contributed by atoms with Crippen molar-refractivity contribution in [3.63, 3.8) is 0 Å². The van der Waals surface area contributed by atoms with Crippen LogP contribution in [-0.2, 0) is 6.42 Å². The smallest absolute Gasteiger partial charge is 0.393 e. The van der Waals surface area contributed by atoms with Gasteiger partial charge in [-0.2, -0.15) is 18.3 Å². The van der Waals surface area contributed by atoms with Crippen LogP contribution in [0.5, 0.6) is 0 Å². The van der Waals surface area contributed by atoms with E-state index in [1.165, 1.54) is 24.3 Å². The molecule has 0 radical (unpaired) electrons. The molecule has 2 N–H and O–H groups in total. The van der Waals surface area contributed by atoms with Gasteiger partial charge in [-0.05, 0) is 17.7 Å². The predicted molar refractivity (Wildman–Crippen MR) is 60.7 cm³/mol. The van der Waals surface area contributed by atoms with E-state index in [2.05, 4.69) is 10.2 Å². The number of nitrogens with zero attached hydrogens (tertiary/aromatic N) is 1. The van der Waals surface area contributed by atoms with Crippen molar-refractivity contribution in [3.05, 3.63) is 41.6 Å². The van der Waals surface area contributed by atoms with Crippen LogP contribution in [0.4, 0.5) is 13.2 Å². The number of nitrogens with one attached hydrogen (secondary N) is 1. The quantitative estimate of drug-likeness (QED) is 0.901. The molecule has 1 aromatic carbocycles. The zero-order valence-corrected chi connectivity index (χ0v) is 9.53. The van der Waals surface area contributed by atoms with E-state index in [-0.39, 0.29) is 11.3 Å². The monoisotopic (exact) mass is 270 g/mol. The van der Waals surface area contributed by atoms with Gasteiger partial charge >= 0.3 is 12.1 Å². The first kappa shape index (κ1) is 13.1. The van der Waals surface area contributed by atoms with Gasteiger partial charge in [0.15, 0.2) is 0 Å². The molecule has 0 aliphatic heterocycles. The maximum Gasteiger partial charge on any atom is 0.393 e. The van der Waals surface area contributed by atoms with Crippen molar-refractivity contribution in [2.24, 2.45) is 0 Å². The number of rotatable bonds is 3. The Morgan fingerprint density at radius 2 is 2.05 bits per heavy atom. The summed E-state index contributed by atoms with van der Waals surface area (Å²) in [6.45, 7) is 0. The molecular weight excluding hydrogens is 261 g/mol. The zero-order valence-electron chi connectivity index (χ0n) is 9.53. The number of carbonyl (C=O) groups is 1. The summed E-state index contributed by atoms with van der Waals surface area (Å²) < 4.78 is 36.9. The number of hydrogen-bond donors (Lipinski definition) is 2. The van der Waals surface area contributed by atoms with Crippen LogP contribution in [0.25, 0.3) is 11.3 Å². The molecule has 0 unspecified atom stereocenters. The van der Waals surface area contributed by atoms with E-state index in [0.717, 1.165) is 0 Å². The van der Waals surface area contributed by atoms with Crippen molar-refractivity contribution in [1.29, 1.82) is 0 Å². The Labute approximate surface area is 105 Å². The Balaban J connectivity index is 2.29. The second-order valence-electron chi connectivity index (χ2n) is 3.96. The number of alkyl halides is 3. The Morgan fingerprint density at radius 3 is 2.63 bits per heavy atom. The van der Waals surface area contributed by atoms with Crippen LogP contribution in [0.2, 0.25) is 0 Å². The van der Waals surface area contributed by atoms with Crippen LogP contribution < -0.4 is 0 Å². The minimum Gasteiger partial charge on any atom is -0.477 e. The van der Waals surface area contributed by atoms with E-state index < -0.39 is 18.6 Å². The van der Waals surface area contributed by atoms with E-state index in [9.17, 15) is 18.0 Å². The number of aromatic nitrogens is 2. The second-order valence-corrected chi connectivity index (χ2v) is 3.96. The van der Waals surface area contributed by atoms with Crippen LogP contribution in [0.1, 0.15) is 16.1 Å². The van der Waals surface area contributed by atoms with Crippen molar-refractivity contribution in [2.45, 2.75) is 12.6 Å². The summed E-state index contributed by atoms with van der Waals surface area (Å²) in [5.74, 6) is -1.18. The number of carboxylic acids is 1. The van der Waals surface area contributed by atoms with E-state index in [0.29, 0.717) is 11.3 Å². The molecule has 0 fully saturated rings. The molecule has 0 saturated heterocycles. The van der Waals surface area contributed by atoms with Crippen molar-refractivity contribution in [1.82, 2.24) is 10.2 Å². The number of carboxylic acid groups (broad SMARTS) is 1. The highest BCUT2D eigenvalue weighted by atomic mass is 19.4. The Morgan fingerprint density at radius 1 is 1.32 bits per heavy atom. The van der Waals surface area contributed by atoms with E-state index in [4.69, 9.17) is 5.11 Å². The molecule has 4 nitrogen and oxygen atoms in total. The van der Waals surface area contributed by atoms with Gasteiger partial charge in [-0.25, -0.2) is 4.79 Å². The fraction of sp³-hybridized carbons (Fsp3) is 0.167. The Kier molecular flexibility index (Phi) is 3.28. The number of aromatic carboxylic acids is 1. The molecule has 2 aromatic rings. The Bertz CT molecular complexity index is 605. The highest BCUT2D eigenvalue weighted by Gasteiger charge is 2.27. The lowest BCUT2D eigenvalue weighted by Gasteiger charge is -2.07. The number of aromatic amines is 1. The third-order valence-corrected chi connectivity index (χ3v) is 2.44. The minimum absolute atomic E-state index is 0.102. The topological polar surface area (TPSA) is 66.0 Å². The SMILES string of the molecule is O=C(O)c1cc(-c2cccc(CC(F)(F)F)c2)n[nH]1. The van der Waals surface area contributed by atoms with Crippen LogP contribution in [0.3, 0.4) is 0 Å². The summed E-state index contributed by atoms with van der Waals surface area (Å²) in [5, 5.41) is 14.8. The van der Waals surface area contributed by atoms with Crippen molar-refractivity contribution < 1.29 is 23.1 Å². The van der Waals surface area contributed by atoms with Gasteiger partial charge in [0.05, 0.1) is 12.1 Å². The first-order valence-electron chi connectivity index (χ1n) is 5.30. The van der Waals surface area contributed by atoms with Gasteiger partial charge in [0, 0.05) is 5.56 Å². The molecule has 0 aliphatic carbocycles. The van der Waals surface area contributed by atoms with Gasteiger partial charge in [0.1, 0.15) is 5.69 Å². The fourth-order valence-electron chi connectivity index (χ4n) is 1.65. The third kappa shape index (κ3) is 3.34. The van der Waals surface area contributed by atoms with Crippen molar-refractivity contribution in [2.75, 3.05) is 0 Å². The van der Waals surface area contributed by atoms with Gasteiger partial charge in [-0.1, -0.05) is 18.2 Å². The molecule has 2 rings (SSSR count). The number of H-pyrrole nitrogens is 1. The summed E-state index contributed by atoms with van der Waals surface area (Å²) in [4.78, 5) is 10.7. The van der Waals surface area contributed by atoms with Gasteiger partial charge in [-0.15, -0.1) is 0 Å². The van der Waals surface area contributed by atoms with Crippen LogP contribution in [0.15, 0.2) is 30.3 Å². The molecule has 7 heteroatoms. The number of hydrogen-bond acceptors (Lipinski definition) is 2. The van der Waals surface area contributed by atoms with Crippen LogP contribution in [-0.4, -0.2) is 27.4 Å². The predicted octanol–water partition coefficient (Wildman–Crippen LogP) is 2.88. The molecule has 0 aliphatic rings. The highest BCUT2D eigenvalue weighted by Crippen LogP contribution is 2.24. The first-order chi connectivity index (χ1) is 8.85. The zero-order chi connectivity index (χ0) is 14.0. The van der Waals surface area contributed by atoms with Crippen LogP contribution in [0, 0.1) is 0 Å². The average Bonchev–Trinajstić information content (AvgIpc) is 2.76. The standard InChI is InChI=1S/C12H9F3N2O2/c13-12(14,15)6-7-2-1-3-8(4-7)9-5-10(11(18)19)17-16-9/h1-5H,6H2,(H,16,17)(H,18,19). The lowest BCUT2D eigenvalue weighted by molar-refractivity contribution is -0.127. The second kappa shape index (κ2) is 4.75. The summed E-state index contributed by atoms with van der Waals surface area (Å²) in [6, 6.07) is 7.03. The lowest BCUT2D eigenvalue weighted by atomic mass is 10.1. The molecule has 0 bridgehead atoms. The fourth-order valence-corrected chi connectivity index (χ4v) is 1.65. The lowest BCUT2D eigenvalue weighted by Crippen LogP contribution is -2.11. The van der Waals surface area contributed by atoms with Gasteiger partial charge < -0.3 is 5.11 Å². The molecule has 0 saturated carbocycles. The number of benzene rings is 1. The highest BCUT2D eigenvalue weighted by molar-refractivity contribution is 5.86. The molecule has 0 spiro atoms. The largest absolute Gasteiger partial charge is 0.477 e. The first-order valence-corrected chi connectivity index (χ1v) is 5.30. The molecular formula is C12H9F3N2O2. The maximum absolute atomic E-state index is 12.3. The van der Waals surface area contributed by atoms with E-state index in [1.807, 2.05) is 0 Å². The van der Waals surface area contributed by atoms with Crippen molar-refractivity contribution in [3.8, 4) is 11.3 Å². The molecule has 1 aromatic heterocycles. The summed E-state index contributed by atoms with van der Waals surface area (Å²) in [7, 11) is 0. The van der Waals surface area contributed by atoms with E-state index >= 15 is 0 Å². The summed E-state index contributed by atoms with van der Waals surface area (Å²) in [6.07, 6.45) is -5.31. The molecule has 1 heterocycles. The van der Waals surface area contributed by atoms with Crippen molar-refractivity contribution >= 4 is 5.97 Å². The number of halogens is 3. The summed E-state index contributed by atoms with van der Waals surface area (Å²) >= 11 is 0. The maximum atomic E-state index is 12.3. The third-order valence-electron chi connectivity index (χ3n) is 2.44. The van der Waals surface area contributed by atoms with Crippen LogP contribution >= 0.6 is 0 Å². The Hall–Kier alpha value is -2.31. The molecule has 0 amide bonds. The summed E-state index contributed by atoms with van der Waals surface area (Å²) in [5.41, 5.74) is 0.716. The normalized spacial score (nSPS) is 11.5.